The highest BCUT2D eigenvalue weighted by Crippen LogP contribution is 2.40. The molecular weight excluding hydrogens is 318 g/mol. The van der Waals surface area contributed by atoms with Crippen LogP contribution in [0.15, 0.2) is 0 Å². The van der Waals surface area contributed by atoms with Gasteiger partial charge < -0.3 is 4.74 Å². The van der Waals surface area contributed by atoms with Gasteiger partial charge in [-0.25, -0.2) is 4.39 Å². The number of hydrogen-bond donors (Lipinski definition) is 0. The van der Waals surface area contributed by atoms with Gasteiger partial charge in [-0.3, -0.25) is 0 Å². The molecule has 1 nitrogen and oxygen atoms in total. The third kappa shape index (κ3) is 3.56. The summed E-state index contributed by atoms with van der Waals surface area (Å²) < 4.78 is 18.0. The van der Waals surface area contributed by atoms with Crippen molar-refractivity contribution in [2.45, 2.75) is 61.4 Å². The average molecular weight is 340 g/mol. The fourth-order valence-corrected chi connectivity index (χ4v) is 4.08. The Hall–Kier alpha value is 0.620. The molecule has 0 heterocycles. The van der Waals surface area contributed by atoms with Crippen LogP contribution >= 0.6 is 22.6 Å². The molecule has 0 aromatic heterocycles. The number of alkyl halides is 2. The average Bonchev–Trinajstić information content (AvgIpc) is 2.32. The van der Waals surface area contributed by atoms with Crippen molar-refractivity contribution in [1.29, 1.82) is 0 Å². The van der Waals surface area contributed by atoms with Gasteiger partial charge in [0.2, 0.25) is 0 Å². The molecule has 0 aliphatic heterocycles. The van der Waals surface area contributed by atoms with Crippen molar-refractivity contribution in [3.05, 3.63) is 0 Å². The Kier molecular flexibility index (Phi) is 5.33. The lowest BCUT2D eigenvalue weighted by molar-refractivity contribution is -0.0339. The first-order valence-electron chi connectivity index (χ1n) is 6.61. The van der Waals surface area contributed by atoms with Crippen LogP contribution in [0.25, 0.3) is 0 Å². The summed E-state index contributed by atoms with van der Waals surface area (Å²) in [6.07, 6.45) is 10.6. The normalized spacial score (nSPS) is 40.9. The zero-order valence-electron chi connectivity index (χ0n) is 9.84. The molecule has 16 heavy (non-hydrogen) atoms. The summed E-state index contributed by atoms with van der Waals surface area (Å²) in [6, 6.07) is 0. The van der Waals surface area contributed by atoms with Crippen LogP contribution in [-0.4, -0.2) is 16.9 Å². The lowest BCUT2D eigenvalue weighted by Gasteiger charge is -2.36. The molecule has 2 aliphatic carbocycles. The molecule has 2 rings (SSSR count). The van der Waals surface area contributed by atoms with E-state index in [9.17, 15) is 4.39 Å². The van der Waals surface area contributed by atoms with Crippen LogP contribution in [0.3, 0.4) is 0 Å². The highest BCUT2D eigenvalue weighted by Gasteiger charge is 2.30. The van der Waals surface area contributed by atoms with Crippen molar-refractivity contribution in [1.82, 2.24) is 0 Å². The lowest BCUT2D eigenvalue weighted by atomic mass is 9.73. The highest BCUT2D eigenvalue weighted by molar-refractivity contribution is 14.1. The molecule has 0 radical (unpaired) electrons. The maximum atomic E-state index is 12.0. The van der Waals surface area contributed by atoms with Gasteiger partial charge >= 0.3 is 0 Å². The largest absolute Gasteiger partial charge is 0.347 e. The molecule has 0 spiro atoms. The first-order valence-corrected chi connectivity index (χ1v) is 7.85. The van der Waals surface area contributed by atoms with E-state index in [1.54, 1.807) is 0 Å². The third-order valence-electron chi connectivity index (χ3n) is 4.39. The maximum Gasteiger partial charge on any atom is 0.188 e. The van der Waals surface area contributed by atoms with Crippen LogP contribution in [-0.2, 0) is 4.74 Å². The van der Waals surface area contributed by atoms with Crippen molar-refractivity contribution < 1.29 is 9.13 Å². The number of halogens is 2. The standard InChI is InChI=1S/C13H22FIO/c14-9-16-13-7-3-11(4-8-13)10-1-5-12(15)6-2-10/h10-13H,1-9H2. The van der Waals surface area contributed by atoms with Gasteiger partial charge in [0.15, 0.2) is 6.86 Å². The van der Waals surface area contributed by atoms with Gasteiger partial charge in [-0.2, -0.15) is 0 Å². The quantitative estimate of drug-likeness (QED) is 0.544. The van der Waals surface area contributed by atoms with Crippen molar-refractivity contribution >= 4 is 22.6 Å². The molecule has 0 N–H and O–H groups in total. The van der Waals surface area contributed by atoms with E-state index in [2.05, 4.69) is 22.6 Å². The van der Waals surface area contributed by atoms with Crippen molar-refractivity contribution in [3.63, 3.8) is 0 Å². The van der Waals surface area contributed by atoms with E-state index in [0.29, 0.717) is 0 Å². The molecule has 94 valence electrons. The van der Waals surface area contributed by atoms with Crippen LogP contribution in [0.4, 0.5) is 4.39 Å². The molecule has 2 fully saturated rings. The summed E-state index contributed by atoms with van der Waals surface area (Å²) in [7, 11) is 0. The second-order valence-corrected chi connectivity index (χ2v) is 7.09. The van der Waals surface area contributed by atoms with E-state index in [0.717, 1.165) is 28.6 Å². The van der Waals surface area contributed by atoms with Gasteiger partial charge in [-0.15, -0.1) is 0 Å². The summed E-state index contributed by atoms with van der Waals surface area (Å²) in [4.78, 5) is 0. The van der Waals surface area contributed by atoms with Crippen molar-refractivity contribution in [2.75, 3.05) is 6.86 Å². The molecular formula is C13H22FIO. The molecule has 2 saturated carbocycles. The Morgan fingerprint density at radius 2 is 1.38 bits per heavy atom. The van der Waals surface area contributed by atoms with Gasteiger partial charge in [0.25, 0.3) is 0 Å². The summed E-state index contributed by atoms with van der Waals surface area (Å²) in [5, 5.41) is 0. The number of rotatable bonds is 3. The van der Waals surface area contributed by atoms with E-state index < -0.39 is 6.86 Å². The Morgan fingerprint density at radius 1 is 0.875 bits per heavy atom. The van der Waals surface area contributed by atoms with Crippen LogP contribution < -0.4 is 0 Å². The first kappa shape index (κ1) is 13.1. The van der Waals surface area contributed by atoms with Crippen LogP contribution in [0.1, 0.15) is 51.4 Å². The number of ether oxygens (including phenoxy) is 1. The SMILES string of the molecule is FCOC1CCC(C2CCC(I)CC2)CC1. The molecule has 0 saturated heterocycles. The van der Waals surface area contributed by atoms with Gasteiger partial charge in [0.1, 0.15) is 0 Å². The summed E-state index contributed by atoms with van der Waals surface area (Å²) in [5.74, 6) is 1.86. The minimum absolute atomic E-state index is 0.210. The molecule has 0 amide bonds. The minimum Gasteiger partial charge on any atom is -0.347 e. The van der Waals surface area contributed by atoms with Crippen molar-refractivity contribution in [2.24, 2.45) is 11.8 Å². The van der Waals surface area contributed by atoms with Crippen LogP contribution in [0.2, 0.25) is 0 Å². The Morgan fingerprint density at radius 3 is 1.88 bits per heavy atom. The Labute approximate surface area is 112 Å². The van der Waals surface area contributed by atoms with Gasteiger partial charge in [-0.05, 0) is 63.2 Å². The molecule has 0 aromatic rings. The molecule has 0 aromatic carbocycles. The predicted molar refractivity (Wildman–Crippen MR) is 72.6 cm³/mol. The molecule has 0 atom stereocenters. The zero-order valence-corrected chi connectivity index (χ0v) is 12.0. The van der Waals surface area contributed by atoms with Gasteiger partial charge in [0.05, 0.1) is 6.10 Å². The van der Waals surface area contributed by atoms with E-state index in [4.69, 9.17) is 4.74 Å². The topological polar surface area (TPSA) is 9.23 Å². The maximum absolute atomic E-state index is 12.0. The van der Waals surface area contributed by atoms with Crippen LogP contribution in [0, 0.1) is 11.8 Å². The zero-order chi connectivity index (χ0) is 11.4. The number of hydrogen-bond acceptors (Lipinski definition) is 1. The smallest absolute Gasteiger partial charge is 0.188 e. The molecule has 0 unspecified atom stereocenters. The molecule has 3 heteroatoms. The van der Waals surface area contributed by atoms with E-state index >= 15 is 0 Å². The third-order valence-corrected chi connectivity index (χ3v) is 5.63. The fraction of sp³-hybridized carbons (Fsp3) is 1.00. The Balaban J connectivity index is 1.72. The lowest BCUT2D eigenvalue weighted by Crippen LogP contribution is -2.28. The first-order chi connectivity index (χ1) is 7.79. The van der Waals surface area contributed by atoms with E-state index in [1.165, 1.54) is 38.5 Å². The van der Waals surface area contributed by atoms with E-state index in [1.807, 2.05) is 0 Å². The minimum atomic E-state index is -0.602. The van der Waals surface area contributed by atoms with Gasteiger partial charge in [0, 0.05) is 3.92 Å². The van der Waals surface area contributed by atoms with Crippen LogP contribution in [0.5, 0.6) is 0 Å². The van der Waals surface area contributed by atoms with Gasteiger partial charge in [-0.1, -0.05) is 22.6 Å². The molecule has 2 aliphatic rings. The summed E-state index contributed by atoms with van der Waals surface area (Å²) >= 11 is 2.59. The molecule has 0 bridgehead atoms. The monoisotopic (exact) mass is 340 g/mol. The van der Waals surface area contributed by atoms with Crippen molar-refractivity contribution in [3.8, 4) is 0 Å². The highest BCUT2D eigenvalue weighted by atomic mass is 127. The van der Waals surface area contributed by atoms with E-state index in [-0.39, 0.29) is 6.10 Å². The summed E-state index contributed by atoms with van der Waals surface area (Å²) in [5.41, 5.74) is 0. The Bertz CT molecular complexity index is 196. The second-order valence-electron chi connectivity index (χ2n) is 5.32. The summed E-state index contributed by atoms with van der Waals surface area (Å²) in [6.45, 7) is -0.602. The fourth-order valence-electron chi connectivity index (χ4n) is 3.37. The second kappa shape index (κ2) is 6.53. The predicted octanol–water partition coefficient (Wildman–Crippen LogP) is 4.48.